The first-order valence-corrected chi connectivity index (χ1v) is 13.9. The summed E-state index contributed by atoms with van der Waals surface area (Å²) in [6, 6.07) is 14.0. The fourth-order valence-electron chi connectivity index (χ4n) is 7.52. The number of amides is 1. The summed E-state index contributed by atoms with van der Waals surface area (Å²) in [7, 11) is 0. The number of fused-ring (bicyclic) bond motifs is 1. The van der Waals surface area contributed by atoms with Gasteiger partial charge in [0.1, 0.15) is 5.52 Å². The van der Waals surface area contributed by atoms with E-state index in [1.807, 2.05) is 30.3 Å². The minimum Gasteiger partial charge on any atom is -0.436 e. The molecule has 1 amide bonds. The zero-order chi connectivity index (χ0) is 24.9. The first-order valence-electron chi connectivity index (χ1n) is 13.5. The van der Waals surface area contributed by atoms with Crippen LogP contribution in [0.25, 0.3) is 22.6 Å². The molecule has 0 spiro atoms. The fraction of sp³-hybridized carbons (Fsp3) is 0.500. The predicted octanol–water partition coefficient (Wildman–Crippen LogP) is 7.43. The van der Waals surface area contributed by atoms with E-state index in [1.165, 1.54) is 44.1 Å². The van der Waals surface area contributed by atoms with Crippen molar-refractivity contribution in [3.05, 3.63) is 48.0 Å². The molecule has 6 heteroatoms. The Hall–Kier alpha value is -2.73. The molecular formula is C30H35N3O2S. The van der Waals surface area contributed by atoms with E-state index < -0.39 is 0 Å². The van der Waals surface area contributed by atoms with Crippen molar-refractivity contribution < 1.29 is 9.21 Å². The van der Waals surface area contributed by atoms with E-state index in [4.69, 9.17) is 21.6 Å². The van der Waals surface area contributed by atoms with Gasteiger partial charge in [-0.15, -0.1) is 0 Å². The Balaban J connectivity index is 1.11. The lowest BCUT2D eigenvalue weighted by Crippen LogP contribution is -2.48. The number of aromatic nitrogens is 1. The lowest BCUT2D eigenvalue weighted by Gasteiger charge is -2.56. The molecule has 1 heterocycles. The summed E-state index contributed by atoms with van der Waals surface area (Å²) < 4.78 is 6.04. The van der Waals surface area contributed by atoms with Crippen LogP contribution in [0.1, 0.15) is 76.7 Å². The molecule has 2 aromatic carbocycles. The Labute approximate surface area is 218 Å². The summed E-state index contributed by atoms with van der Waals surface area (Å²) in [6.07, 6.45) is 9.50. The lowest BCUT2D eigenvalue weighted by atomic mass is 9.49. The highest BCUT2D eigenvalue weighted by Gasteiger charge is 2.51. The smallest absolute Gasteiger partial charge is 0.227 e. The first-order chi connectivity index (χ1) is 17.4. The highest BCUT2D eigenvalue weighted by Crippen LogP contribution is 2.61. The molecule has 4 aliphatic rings. The molecule has 0 aliphatic heterocycles. The summed E-state index contributed by atoms with van der Waals surface area (Å²) in [6.45, 7) is 4.42. The van der Waals surface area contributed by atoms with Crippen LogP contribution >= 0.6 is 12.2 Å². The Morgan fingerprint density at radius 3 is 2.53 bits per heavy atom. The molecule has 0 radical (unpaired) electrons. The fourth-order valence-corrected chi connectivity index (χ4v) is 7.75. The monoisotopic (exact) mass is 501 g/mol. The third-order valence-corrected chi connectivity index (χ3v) is 9.12. The third-order valence-electron chi connectivity index (χ3n) is 8.91. The van der Waals surface area contributed by atoms with Crippen LogP contribution in [0.5, 0.6) is 0 Å². The Bertz CT molecular complexity index is 1280. The number of oxazole rings is 1. The normalized spacial score (nSPS) is 27.2. The van der Waals surface area contributed by atoms with Crippen LogP contribution in [0, 0.1) is 23.2 Å². The molecule has 4 fully saturated rings. The molecule has 7 rings (SSSR count). The van der Waals surface area contributed by atoms with Crippen molar-refractivity contribution >= 4 is 40.0 Å². The molecule has 0 saturated heterocycles. The molecule has 4 bridgehead atoms. The molecule has 4 aliphatic carbocycles. The van der Waals surface area contributed by atoms with Crippen molar-refractivity contribution in [2.45, 2.75) is 71.1 Å². The van der Waals surface area contributed by atoms with Crippen LogP contribution in [-0.2, 0) is 4.79 Å². The maximum Gasteiger partial charge on any atom is 0.227 e. The maximum absolute atomic E-state index is 12.9. The van der Waals surface area contributed by atoms with Crippen molar-refractivity contribution in [1.29, 1.82) is 0 Å². The third kappa shape index (κ3) is 4.68. The van der Waals surface area contributed by atoms with E-state index in [0.29, 0.717) is 23.3 Å². The Kier molecular flexibility index (Phi) is 6.11. The zero-order valence-corrected chi connectivity index (χ0v) is 22.0. The molecule has 36 heavy (non-hydrogen) atoms. The van der Waals surface area contributed by atoms with Gasteiger partial charge in [-0.2, -0.15) is 0 Å². The number of rotatable bonds is 6. The number of thiocarbonyl (C=S) groups is 1. The molecule has 1 atom stereocenters. The molecule has 1 aromatic heterocycles. The average molecular weight is 502 g/mol. The first kappa shape index (κ1) is 23.7. The van der Waals surface area contributed by atoms with Crippen LogP contribution in [0.4, 0.5) is 5.69 Å². The van der Waals surface area contributed by atoms with E-state index in [0.717, 1.165) is 46.5 Å². The van der Waals surface area contributed by atoms with Crippen molar-refractivity contribution in [2.24, 2.45) is 23.2 Å². The van der Waals surface area contributed by atoms with E-state index >= 15 is 0 Å². The molecule has 4 saturated carbocycles. The van der Waals surface area contributed by atoms with Gasteiger partial charge in [0.25, 0.3) is 0 Å². The van der Waals surface area contributed by atoms with Gasteiger partial charge in [-0.3, -0.25) is 4.79 Å². The topological polar surface area (TPSA) is 67.2 Å². The van der Waals surface area contributed by atoms with Crippen LogP contribution < -0.4 is 10.6 Å². The van der Waals surface area contributed by atoms with Gasteiger partial charge >= 0.3 is 0 Å². The van der Waals surface area contributed by atoms with Crippen molar-refractivity contribution in [3.8, 4) is 11.5 Å². The second-order valence-electron chi connectivity index (χ2n) is 11.7. The highest BCUT2D eigenvalue weighted by molar-refractivity contribution is 7.80. The number of benzene rings is 2. The molecule has 5 nitrogen and oxygen atoms in total. The lowest BCUT2D eigenvalue weighted by molar-refractivity contribution is -0.127. The van der Waals surface area contributed by atoms with Gasteiger partial charge in [0.15, 0.2) is 10.7 Å². The van der Waals surface area contributed by atoms with Crippen molar-refractivity contribution in [3.63, 3.8) is 0 Å². The summed E-state index contributed by atoms with van der Waals surface area (Å²) in [5, 5.41) is 6.48. The summed E-state index contributed by atoms with van der Waals surface area (Å²) in [5.74, 6) is 3.62. The number of carbonyl (C=O) groups is 1. The highest BCUT2D eigenvalue weighted by atomic mass is 32.1. The second kappa shape index (κ2) is 9.29. The number of nitrogens with zero attached hydrogens (tertiary/aromatic N) is 1. The van der Waals surface area contributed by atoms with Crippen molar-refractivity contribution in [1.82, 2.24) is 10.3 Å². The van der Waals surface area contributed by atoms with Crippen LogP contribution in [0.15, 0.2) is 46.9 Å². The SMILES string of the molecule is CCC(C)c1ccc2oc(-c3cccc(NC(=S)NC(=O)CC45CC6CC(CC(C6)C4)C5)c3)nc2c1. The van der Waals surface area contributed by atoms with Gasteiger partial charge in [-0.05, 0) is 122 Å². The number of hydrogen-bond acceptors (Lipinski definition) is 4. The van der Waals surface area contributed by atoms with Crippen LogP contribution in [-0.4, -0.2) is 16.0 Å². The van der Waals surface area contributed by atoms with Crippen LogP contribution in [0.3, 0.4) is 0 Å². The number of nitrogens with one attached hydrogen (secondary N) is 2. The molecule has 2 N–H and O–H groups in total. The second-order valence-corrected chi connectivity index (χ2v) is 12.1. The Morgan fingerprint density at radius 1 is 1.11 bits per heavy atom. The van der Waals surface area contributed by atoms with E-state index in [-0.39, 0.29) is 11.3 Å². The molecule has 188 valence electrons. The minimum atomic E-state index is 0.0432. The molecule has 1 unspecified atom stereocenters. The summed E-state index contributed by atoms with van der Waals surface area (Å²) in [5.41, 5.74) is 4.79. The standard InChI is InChI=1S/C30H35N3O2S/c1-3-18(2)22-7-8-26-25(13-22)32-28(35-26)23-5-4-6-24(12-23)31-29(36)33-27(34)17-30-14-19-9-20(15-30)11-21(10-19)16-30/h4-8,12-13,18-21H,3,9-11,14-17H2,1-2H3,(H2,31,33,34,36). The number of anilines is 1. The maximum atomic E-state index is 12.9. The number of carbonyl (C=O) groups excluding carboxylic acids is 1. The van der Waals surface area contributed by atoms with Gasteiger partial charge < -0.3 is 15.1 Å². The van der Waals surface area contributed by atoms with Gasteiger partial charge in [-0.1, -0.05) is 26.0 Å². The number of hydrogen-bond donors (Lipinski definition) is 2. The summed E-state index contributed by atoms with van der Waals surface area (Å²) in [4.78, 5) is 17.7. The quantitative estimate of drug-likeness (QED) is 0.344. The van der Waals surface area contributed by atoms with Gasteiger partial charge in [0.2, 0.25) is 11.8 Å². The molecular weight excluding hydrogens is 466 g/mol. The van der Waals surface area contributed by atoms with Crippen LogP contribution in [0.2, 0.25) is 0 Å². The van der Waals surface area contributed by atoms with Gasteiger partial charge in [-0.25, -0.2) is 4.98 Å². The minimum absolute atomic E-state index is 0.0432. The predicted molar refractivity (Wildman–Crippen MR) is 148 cm³/mol. The van der Waals surface area contributed by atoms with Gasteiger partial charge in [0, 0.05) is 17.7 Å². The molecule has 3 aromatic rings. The van der Waals surface area contributed by atoms with Gasteiger partial charge in [0.05, 0.1) is 0 Å². The van der Waals surface area contributed by atoms with E-state index in [2.05, 4.69) is 36.6 Å². The largest absolute Gasteiger partial charge is 0.436 e. The zero-order valence-electron chi connectivity index (χ0n) is 21.2. The van der Waals surface area contributed by atoms with Crippen molar-refractivity contribution in [2.75, 3.05) is 5.32 Å². The average Bonchev–Trinajstić information content (AvgIpc) is 3.26. The summed E-state index contributed by atoms with van der Waals surface area (Å²) >= 11 is 5.50. The van der Waals surface area contributed by atoms with E-state index in [1.54, 1.807) is 0 Å². The van der Waals surface area contributed by atoms with E-state index in [9.17, 15) is 4.79 Å². The Morgan fingerprint density at radius 2 is 1.83 bits per heavy atom.